The number of hydrogen-bond acceptors (Lipinski definition) is 5. The zero-order valence-corrected chi connectivity index (χ0v) is 11.3. The minimum absolute atomic E-state index is 0.408. The van der Waals surface area contributed by atoms with Crippen LogP contribution < -0.4 is 9.47 Å². The number of hydrogen-bond donors (Lipinski definition) is 1. The second-order valence-electron chi connectivity index (χ2n) is 3.32. The van der Waals surface area contributed by atoms with Crippen molar-refractivity contribution in [1.29, 1.82) is 0 Å². The topological polar surface area (TPSA) is 44.8 Å². The van der Waals surface area contributed by atoms with E-state index in [1.54, 1.807) is 18.2 Å². The molecule has 0 aliphatic heterocycles. The van der Waals surface area contributed by atoms with Crippen LogP contribution in [0.15, 0.2) is 30.4 Å². The van der Waals surface area contributed by atoms with Gasteiger partial charge in [-0.25, -0.2) is 4.79 Å². The molecule has 4 nitrogen and oxygen atoms in total. The first-order valence-electron chi connectivity index (χ1n) is 5.38. The second-order valence-corrected chi connectivity index (χ2v) is 3.69. The molecule has 0 bridgehead atoms. The molecule has 0 aromatic heterocycles. The van der Waals surface area contributed by atoms with Crippen LogP contribution in [0.4, 0.5) is 0 Å². The largest absolute Gasteiger partial charge is 0.493 e. The average Bonchev–Trinajstić information content (AvgIpc) is 2.42. The van der Waals surface area contributed by atoms with Crippen molar-refractivity contribution in [3.05, 3.63) is 35.9 Å². The van der Waals surface area contributed by atoms with Crippen LogP contribution in [0.3, 0.4) is 0 Å². The minimum atomic E-state index is -0.408. The van der Waals surface area contributed by atoms with Gasteiger partial charge in [0.1, 0.15) is 6.61 Å². The van der Waals surface area contributed by atoms with E-state index >= 15 is 0 Å². The zero-order valence-electron chi connectivity index (χ0n) is 10.4. The zero-order chi connectivity index (χ0) is 13.4. The molecule has 98 valence electrons. The molecule has 0 heterocycles. The molecule has 0 N–H and O–H groups in total. The van der Waals surface area contributed by atoms with E-state index in [1.165, 1.54) is 14.2 Å². The highest BCUT2D eigenvalue weighted by Gasteiger charge is 2.10. The highest BCUT2D eigenvalue weighted by molar-refractivity contribution is 7.80. The van der Waals surface area contributed by atoms with Gasteiger partial charge < -0.3 is 14.2 Å². The van der Waals surface area contributed by atoms with Gasteiger partial charge >= 0.3 is 5.97 Å². The van der Waals surface area contributed by atoms with Crippen LogP contribution in [-0.2, 0) is 4.74 Å². The van der Waals surface area contributed by atoms with Gasteiger partial charge in [-0.2, -0.15) is 12.6 Å². The molecule has 1 aromatic rings. The molecular formula is C13H16O4S. The summed E-state index contributed by atoms with van der Waals surface area (Å²) < 4.78 is 15.3. The number of esters is 1. The van der Waals surface area contributed by atoms with Gasteiger partial charge in [-0.3, -0.25) is 0 Å². The third-order valence-corrected chi connectivity index (χ3v) is 2.40. The molecule has 1 rings (SSSR count). The summed E-state index contributed by atoms with van der Waals surface area (Å²) in [4.78, 5) is 11.4. The molecule has 0 atom stereocenters. The Morgan fingerprint density at radius 2 is 2.06 bits per heavy atom. The van der Waals surface area contributed by atoms with E-state index in [-0.39, 0.29) is 0 Å². The number of benzene rings is 1. The van der Waals surface area contributed by atoms with Crippen molar-refractivity contribution in [3.8, 4) is 11.5 Å². The number of carbonyl (C=O) groups excluding carboxylic acids is 1. The molecule has 0 radical (unpaired) electrons. The fourth-order valence-electron chi connectivity index (χ4n) is 1.31. The fraction of sp³-hybridized carbons (Fsp3) is 0.308. The van der Waals surface area contributed by atoms with Crippen LogP contribution in [0.1, 0.15) is 10.4 Å². The second kappa shape index (κ2) is 7.66. The van der Waals surface area contributed by atoms with Crippen LogP contribution in [0.25, 0.3) is 0 Å². The van der Waals surface area contributed by atoms with Crippen LogP contribution in [0, 0.1) is 0 Å². The molecule has 0 aliphatic carbocycles. The Bertz CT molecular complexity index is 429. The summed E-state index contributed by atoms with van der Waals surface area (Å²) >= 11 is 4.05. The summed E-state index contributed by atoms with van der Waals surface area (Å²) in [5.74, 6) is 1.34. The van der Waals surface area contributed by atoms with Crippen molar-refractivity contribution in [2.75, 3.05) is 26.6 Å². The van der Waals surface area contributed by atoms with Crippen molar-refractivity contribution in [2.45, 2.75) is 0 Å². The van der Waals surface area contributed by atoms with Crippen molar-refractivity contribution in [3.63, 3.8) is 0 Å². The van der Waals surface area contributed by atoms with Crippen LogP contribution in [-0.4, -0.2) is 32.5 Å². The molecular weight excluding hydrogens is 252 g/mol. The van der Waals surface area contributed by atoms with Gasteiger partial charge in [-0.15, -0.1) is 0 Å². The molecule has 0 unspecified atom stereocenters. The lowest BCUT2D eigenvalue weighted by Crippen LogP contribution is -2.03. The van der Waals surface area contributed by atoms with E-state index in [2.05, 4.69) is 17.4 Å². The highest BCUT2D eigenvalue weighted by Crippen LogP contribution is 2.28. The van der Waals surface area contributed by atoms with Crippen LogP contribution >= 0.6 is 12.6 Å². The summed E-state index contributed by atoms with van der Waals surface area (Å²) in [5, 5.41) is 0. The number of ether oxygens (including phenoxy) is 3. The first-order valence-corrected chi connectivity index (χ1v) is 6.01. The van der Waals surface area contributed by atoms with E-state index in [0.29, 0.717) is 29.4 Å². The van der Waals surface area contributed by atoms with Crippen molar-refractivity contribution in [1.82, 2.24) is 0 Å². The Morgan fingerprint density at radius 1 is 1.28 bits per heavy atom. The van der Waals surface area contributed by atoms with Crippen LogP contribution in [0.5, 0.6) is 11.5 Å². The van der Waals surface area contributed by atoms with Crippen molar-refractivity contribution < 1.29 is 19.0 Å². The number of rotatable bonds is 6. The lowest BCUT2D eigenvalue weighted by molar-refractivity contribution is 0.0600. The summed E-state index contributed by atoms with van der Waals surface area (Å²) in [6.45, 7) is 0.425. The Balaban J connectivity index is 2.80. The van der Waals surface area contributed by atoms with E-state index in [1.807, 2.05) is 12.2 Å². The van der Waals surface area contributed by atoms with Crippen molar-refractivity contribution >= 4 is 18.6 Å². The maximum absolute atomic E-state index is 11.4. The van der Waals surface area contributed by atoms with Crippen molar-refractivity contribution in [2.24, 2.45) is 0 Å². The average molecular weight is 268 g/mol. The van der Waals surface area contributed by atoms with E-state index in [9.17, 15) is 4.79 Å². The predicted octanol–water partition coefficient (Wildman–Crippen LogP) is 2.35. The summed E-state index contributed by atoms with van der Waals surface area (Å²) in [7, 11) is 2.86. The molecule has 18 heavy (non-hydrogen) atoms. The fourth-order valence-corrected chi connectivity index (χ4v) is 1.46. The molecule has 0 saturated heterocycles. The SMILES string of the molecule is COC(=O)c1ccc(OCC=CCS)c(OC)c1. The quantitative estimate of drug-likeness (QED) is 0.488. The molecule has 1 aromatic carbocycles. The van der Waals surface area contributed by atoms with Gasteiger partial charge in [-0.05, 0) is 18.2 Å². The molecule has 0 spiro atoms. The standard InChI is InChI=1S/C13H16O4S/c1-15-12-9-10(13(14)16-2)5-6-11(12)17-7-3-4-8-18/h3-6,9,18H,7-8H2,1-2H3. The van der Waals surface area contributed by atoms with Gasteiger partial charge in [-0.1, -0.05) is 12.2 Å². The number of methoxy groups -OCH3 is 2. The Hall–Kier alpha value is -1.62. The van der Waals surface area contributed by atoms with E-state index < -0.39 is 5.97 Å². The summed E-state index contributed by atoms with van der Waals surface area (Å²) in [6, 6.07) is 4.90. The van der Waals surface area contributed by atoms with Gasteiger partial charge in [0.15, 0.2) is 11.5 Å². The number of carbonyl (C=O) groups is 1. The monoisotopic (exact) mass is 268 g/mol. The van der Waals surface area contributed by atoms with Gasteiger partial charge in [0.05, 0.1) is 19.8 Å². The molecule has 0 amide bonds. The smallest absolute Gasteiger partial charge is 0.337 e. The molecule has 0 aliphatic rings. The number of thiol groups is 1. The lowest BCUT2D eigenvalue weighted by atomic mass is 10.2. The normalized spacial score (nSPS) is 10.4. The first kappa shape index (κ1) is 14.4. The first-order chi connectivity index (χ1) is 8.72. The predicted molar refractivity (Wildman–Crippen MR) is 72.8 cm³/mol. The maximum atomic E-state index is 11.4. The lowest BCUT2D eigenvalue weighted by Gasteiger charge is -2.10. The third-order valence-electron chi connectivity index (χ3n) is 2.19. The van der Waals surface area contributed by atoms with Gasteiger partial charge in [0, 0.05) is 5.75 Å². The highest BCUT2D eigenvalue weighted by atomic mass is 32.1. The molecule has 0 saturated carbocycles. The molecule has 5 heteroatoms. The summed E-state index contributed by atoms with van der Waals surface area (Å²) in [5.41, 5.74) is 0.424. The maximum Gasteiger partial charge on any atom is 0.337 e. The summed E-state index contributed by atoms with van der Waals surface area (Å²) in [6.07, 6.45) is 3.75. The van der Waals surface area contributed by atoms with Crippen LogP contribution in [0.2, 0.25) is 0 Å². The minimum Gasteiger partial charge on any atom is -0.493 e. The van der Waals surface area contributed by atoms with Gasteiger partial charge in [0.25, 0.3) is 0 Å². The Labute approximate surface area is 112 Å². The van der Waals surface area contributed by atoms with E-state index in [4.69, 9.17) is 9.47 Å². The Morgan fingerprint density at radius 3 is 2.67 bits per heavy atom. The van der Waals surface area contributed by atoms with Gasteiger partial charge in [0.2, 0.25) is 0 Å². The third kappa shape index (κ3) is 4.00. The molecule has 0 fully saturated rings. The van der Waals surface area contributed by atoms with E-state index in [0.717, 1.165) is 0 Å². The Kier molecular flexibility index (Phi) is 6.14.